The van der Waals surface area contributed by atoms with Crippen molar-refractivity contribution in [1.82, 2.24) is 15.0 Å². The van der Waals surface area contributed by atoms with Crippen LogP contribution >= 0.6 is 0 Å². The summed E-state index contributed by atoms with van der Waals surface area (Å²) in [6, 6.07) is 7.04. The lowest BCUT2D eigenvalue weighted by atomic mass is 10.0. The van der Waals surface area contributed by atoms with Crippen molar-refractivity contribution in [2.45, 2.75) is 44.7 Å². The second-order valence-corrected chi connectivity index (χ2v) is 6.36. The highest BCUT2D eigenvalue weighted by atomic mass is 19.4. The van der Waals surface area contributed by atoms with Gasteiger partial charge >= 0.3 is 6.18 Å². The molecule has 138 valence electrons. The number of H-pyrrole nitrogens is 1. The first-order valence-corrected chi connectivity index (χ1v) is 8.73. The van der Waals surface area contributed by atoms with Crippen molar-refractivity contribution in [3.8, 4) is 11.3 Å². The van der Waals surface area contributed by atoms with E-state index in [1.54, 1.807) is 24.3 Å². The van der Waals surface area contributed by atoms with Gasteiger partial charge in [-0.05, 0) is 6.07 Å². The second kappa shape index (κ2) is 7.76. The van der Waals surface area contributed by atoms with Crippen LogP contribution in [0.1, 0.15) is 44.1 Å². The van der Waals surface area contributed by atoms with Gasteiger partial charge in [0.1, 0.15) is 5.56 Å². The molecule has 3 N–H and O–H groups in total. The van der Waals surface area contributed by atoms with Crippen LogP contribution in [-0.2, 0) is 6.18 Å². The Balaban J connectivity index is 0.000000278. The van der Waals surface area contributed by atoms with Crippen molar-refractivity contribution in [2.75, 3.05) is 5.73 Å². The molecule has 0 bridgehead atoms. The van der Waals surface area contributed by atoms with E-state index < -0.39 is 11.7 Å². The Morgan fingerprint density at radius 1 is 0.962 bits per heavy atom. The predicted octanol–water partition coefficient (Wildman–Crippen LogP) is 5.57. The number of aromatic nitrogens is 3. The van der Waals surface area contributed by atoms with E-state index in [1.165, 1.54) is 44.7 Å². The topological polar surface area (TPSA) is 67.6 Å². The van der Waals surface area contributed by atoms with Crippen LogP contribution in [0, 0.1) is 0 Å². The summed E-state index contributed by atoms with van der Waals surface area (Å²) in [5.74, 6) is -0.196. The van der Waals surface area contributed by atoms with Crippen LogP contribution in [0.15, 0.2) is 36.7 Å². The number of hydrogen-bond acceptors (Lipinski definition) is 3. The zero-order valence-corrected chi connectivity index (χ0v) is 14.3. The smallest absolute Gasteiger partial charge is 0.368 e. The summed E-state index contributed by atoms with van der Waals surface area (Å²) in [4.78, 5) is 10.1. The van der Waals surface area contributed by atoms with E-state index in [1.807, 2.05) is 0 Å². The molecule has 0 radical (unpaired) electrons. The fraction of sp³-hybridized carbons (Fsp3) is 0.368. The number of nitrogens with one attached hydrogen (secondary N) is 1. The minimum Gasteiger partial charge on any atom is -0.368 e. The standard InChI is InChI=1S/C13H9F3N4.C6H12/c14-13(15,16)9-6-19-12(17)20-11(9)8-5-18-10-4-2-1-3-7(8)10;1-2-4-6-5-3-1/h1-6,18H,(H2,17,19,20);1-6H2. The molecule has 0 aliphatic heterocycles. The largest absolute Gasteiger partial charge is 0.419 e. The van der Waals surface area contributed by atoms with Gasteiger partial charge in [0.25, 0.3) is 0 Å². The SMILES string of the molecule is C1CCCCC1.Nc1ncc(C(F)(F)F)c(-c2c[nH]c3ccccc23)n1. The number of nitrogens with two attached hydrogens (primary N) is 1. The number of rotatable bonds is 1. The zero-order chi connectivity index (χ0) is 18.6. The number of nitrogen functional groups attached to an aromatic ring is 1. The second-order valence-electron chi connectivity index (χ2n) is 6.36. The number of aromatic amines is 1. The third-order valence-corrected chi connectivity index (χ3v) is 4.46. The number of fused-ring (bicyclic) bond motifs is 1. The maximum absolute atomic E-state index is 13.0. The van der Waals surface area contributed by atoms with Gasteiger partial charge in [0.15, 0.2) is 0 Å². The molecule has 1 aromatic carbocycles. The molecule has 2 aromatic heterocycles. The lowest BCUT2D eigenvalue weighted by Gasteiger charge is -2.11. The quantitative estimate of drug-likeness (QED) is 0.595. The highest BCUT2D eigenvalue weighted by Gasteiger charge is 2.35. The molecule has 0 amide bonds. The Bertz CT molecular complexity index is 855. The summed E-state index contributed by atoms with van der Waals surface area (Å²) in [5, 5.41) is 0.649. The van der Waals surface area contributed by atoms with Gasteiger partial charge in [-0.2, -0.15) is 13.2 Å². The monoisotopic (exact) mass is 362 g/mol. The summed E-state index contributed by atoms with van der Waals surface area (Å²) >= 11 is 0. The third kappa shape index (κ3) is 4.15. The van der Waals surface area contributed by atoms with Crippen LogP contribution in [0.2, 0.25) is 0 Å². The average molecular weight is 362 g/mol. The van der Waals surface area contributed by atoms with Crippen molar-refractivity contribution in [2.24, 2.45) is 0 Å². The number of para-hydroxylation sites is 1. The summed E-state index contributed by atoms with van der Waals surface area (Å²) in [6.45, 7) is 0. The van der Waals surface area contributed by atoms with Gasteiger partial charge < -0.3 is 10.7 Å². The molecule has 0 saturated heterocycles. The first-order chi connectivity index (χ1) is 12.5. The first-order valence-electron chi connectivity index (χ1n) is 8.73. The summed E-state index contributed by atoms with van der Waals surface area (Å²) < 4.78 is 39.1. The van der Waals surface area contributed by atoms with Gasteiger partial charge in [-0.15, -0.1) is 0 Å². The van der Waals surface area contributed by atoms with Gasteiger partial charge in [0.05, 0.1) is 5.69 Å². The van der Waals surface area contributed by atoms with Crippen LogP contribution in [0.25, 0.3) is 22.2 Å². The normalized spacial score (nSPS) is 14.7. The third-order valence-electron chi connectivity index (χ3n) is 4.46. The van der Waals surface area contributed by atoms with Crippen LogP contribution in [0.3, 0.4) is 0 Å². The predicted molar refractivity (Wildman–Crippen MR) is 96.4 cm³/mol. The summed E-state index contributed by atoms with van der Waals surface area (Å²) in [7, 11) is 0. The van der Waals surface area contributed by atoms with Gasteiger partial charge in [-0.25, -0.2) is 9.97 Å². The molecular weight excluding hydrogens is 341 g/mol. The van der Waals surface area contributed by atoms with Crippen molar-refractivity contribution >= 4 is 16.9 Å². The molecule has 4 nitrogen and oxygen atoms in total. The lowest BCUT2D eigenvalue weighted by Crippen LogP contribution is -2.10. The van der Waals surface area contributed by atoms with Crippen LogP contribution in [0.4, 0.5) is 19.1 Å². The molecule has 1 aliphatic carbocycles. The van der Waals surface area contributed by atoms with Crippen molar-refractivity contribution in [1.29, 1.82) is 0 Å². The van der Waals surface area contributed by atoms with E-state index in [2.05, 4.69) is 15.0 Å². The van der Waals surface area contributed by atoms with E-state index in [0.717, 1.165) is 5.52 Å². The Kier molecular flexibility index (Phi) is 5.44. The fourth-order valence-corrected chi connectivity index (χ4v) is 3.14. The molecule has 1 fully saturated rings. The minimum absolute atomic E-state index is 0.196. The summed E-state index contributed by atoms with van der Waals surface area (Å²) in [6.07, 6.45) is 6.66. The number of alkyl halides is 3. The Morgan fingerprint density at radius 3 is 2.19 bits per heavy atom. The van der Waals surface area contributed by atoms with Crippen molar-refractivity contribution in [3.05, 3.63) is 42.2 Å². The van der Waals surface area contributed by atoms with Gasteiger partial charge in [-0.3, -0.25) is 0 Å². The van der Waals surface area contributed by atoms with E-state index in [4.69, 9.17) is 5.73 Å². The average Bonchev–Trinajstić information content (AvgIpc) is 3.06. The van der Waals surface area contributed by atoms with Crippen LogP contribution < -0.4 is 5.73 Å². The summed E-state index contributed by atoms with van der Waals surface area (Å²) in [5.41, 5.74) is 5.37. The first kappa shape index (κ1) is 18.2. The van der Waals surface area contributed by atoms with Crippen LogP contribution in [-0.4, -0.2) is 15.0 Å². The molecule has 1 aliphatic rings. The molecular formula is C19H21F3N4. The van der Waals surface area contributed by atoms with Gasteiger partial charge in [-0.1, -0.05) is 56.7 Å². The molecule has 0 atom stereocenters. The highest BCUT2D eigenvalue weighted by molar-refractivity contribution is 5.95. The van der Waals surface area contributed by atoms with Gasteiger partial charge in [0, 0.05) is 28.9 Å². The van der Waals surface area contributed by atoms with Crippen molar-refractivity contribution < 1.29 is 13.2 Å². The van der Waals surface area contributed by atoms with Gasteiger partial charge in [0.2, 0.25) is 5.95 Å². The van der Waals surface area contributed by atoms with Crippen molar-refractivity contribution in [3.63, 3.8) is 0 Å². The number of halogens is 3. The Hall–Kier alpha value is -2.57. The van der Waals surface area contributed by atoms with E-state index in [0.29, 0.717) is 17.1 Å². The molecule has 7 heteroatoms. The maximum atomic E-state index is 13.0. The number of benzene rings is 1. The van der Waals surface area contributed by atoms with E-state index in [-0.39, 0.29) is 11.6 Å². The molecule has 2 heterocycles. The highest BCUT2D eigenvalue weighted by Crippen LogP contribution is 2.38. The molecule has 3 aromatic rings. The number of hydrogen-bond donors (Lipinski definition) is 2. The fourth-order valence-electron chi connectivity index (χ4n) is 3.14. The lowest BCUT2D eigenvalue weighted by molar-refractivity contribution is -0.137. The van der Waals surface area contributed by atoms with E-state index >= 15 is 0 Å². The molecule has 4 rings (SSSR count). The number of anilines is 1. The molecule has 0 unspecified atom stereocenters. The zero-order valence-electron chi connectivity index (χ0n) is 14.3. The number of nitrogens with zero attached hydrogens (tertiary/aromatic N) is 2. The van der Waals surface area contributed by atoms with Crippen LogP contribution in [0.5, 0.6) is 0 Å². The Morgan fingerprint density at radius 2 is 1.58 bits per heavy atom. The molecule has 1 saturated carbocycles. The Labute approximate surface area is 149 Å². The van der Waals surface area contributed by atoms with E-state index in [9.17, 15) is 13.2 Å². The molecule has 26 heavy (non-hydrogen) atoms. The molecule has 0 spiro atoms. The minimum atomic E-state index is -4.54. The maximum Gasteiger partial charge on any atom is 0.419 e.